The zero-order chi connectivity index (χ0) is 11.3. The quantitative estimate of drug-likeness (QED) is 0.687. The molecule has 1 amide bonds. The summed E-state index contributed by atoms with van der Waals surface area (Å²) in [5, 5.41) is 0. The zero-order valence-corrected chi connectivity index (χ0v) is 9.74. The van der Waals surface area contributed by atoms with Crippen LogP contribution in [0.15, 0.2) is 0 Å². The molecule has 1 aliphatic heterocycles. The summed E-state index contributed by atoms with van der Waals surface area (Å²) in [6.07, 6.45) is 3.56. The summed E-state index contributed by atoms with van der Waals surface area (Å²) in [5.41, 5.74) is 5.39. The van der Waals surface area contributed by atoms with Crippen molar-refractivity contribution in [2.24, 2.45) is 5.73 Å². The predicted molar refractivity (Wildman–Crippen MR) is 59.5 cm³/mol. The minimum atomic E-state index is 0.174. The summed E-state index contributed by atoms with van der Waals surface area (Å²) >= 11 is 0. The fourth-order valence-electron chi connectivity index (χ4n) is 2.01. The van der Waals surface area contributed by atoms with Crippen molar-refractivity contribution in [1.29, 1.82) is 0 Å². The van der Waals surface area contributed by atoms with Crippen molar-refractivity contribution in [3.8, 4) is 0 Å². The van der Waals surface area contributed by atoms with Crippen molar-refractivity contribution >= 4 is 5.91 Å². The van der Waals surface area contributed by atoms with Gasteiger partial charge in [0.25, 0.3) is 0 Å². The lowest BCUT2D eigenvalue weighted by Crippen LogP contribution is -2.40. The van der Waals surface area contributed by atoms with Crippen molar-refractivity contribution in [2.75, 3.05) is 20.2 Å². The molecule has 0 aromatic carbocycles. The van der Waals surface area contributed by atoms with E-state index in [1.165, 1.54) is 0 Å². The molecule has 1 rings (SSSR count). The molecule has 0 aromatic heterocycles. The maximum Gasteiger partial charge on any atom is 0.222 e. The molecule has 0 spiro atoms. The van der Waals surface area contributed by atoms with E-state index >= 15 is 0 Å². The van der Waals surface area contributed by atoms with Gasteiger partial charge in [0, 0.05) is 20.1 Å². The molecule has 1 heterocycles. The van der Waals surface area contributed by atoms with Crippen molar-refractivity contribution in [1.82, 2.24) is 4.90 Å². The Morgan fingerprint density at radius 1 is 1.53 bits per heavy atom. The molecular formula is C11H22N2O2. The molecule has 15 heavy (non-hydrogen) atoms. The predicted octanol–water partition coefficient (Wildman–Crippen LogP) is 0.751. The van der Waals surface area contributed by atoms with Crippen molar-refractivity contribution in [3.05, 3.63) is 0 Å². The number of nitrogens with two attached hydrogens (primary N) is 1. The van der Waals surface area contributed by atoms with Gasteiger partial charge in [-0.2, -0.15) is 0 Å². The van der Waals surface area contributed by atoms with Crippen LogP contribution in [0.1, 0.15) is 32.6 Å². The molecule has 0 saturated carbocycles. The fourth-order valence-corrected chi connectivity index (χ4v) is 2.01. The van der Waals surface area contributed by atoms with Gasteiger partial charge in [0.05, 0.1) is 12.1 Å². The van der Waals surface area contributed by atoms with Crippen LogP contribution in [0.3, 0.4) is 0 Å². The van der Waals surface area contributed by atoms with Gasteiger partial charge in [0.1, 0.15) is 0 Å². The van der Waals surface area contributed by atoms with Crippen LogP contribution >= 0.6 is 0 Å². The van der Waals surface area contributed by atoms with Crippen molar-refractivity contribution in [2.45, 2.75) is 44.8 Å². The van der Waals surface area contributed by atoms with E-state index in [4.69, 9.17) is 10.5 Å². The number of ether oxygens (including phenoxy) is 1. The molecule has 1 aliphatic rings. The monoisotopic (exact) mass is 214 g/mol. The molecule has 88 valence electrons. The lowest BCUT2D eigenvalue weighted by atomic mass is 10.1. The standard InChI is InChI=1S/C11H22N2O2/c1-9-10(6-8-15-9)13(2)11(14)5-3-4-7-12/h9-10H,3-8,12H2,1-2H3. The van der Waals surface area contributed by atoms with Crippen molar-refractivity contribution < 1.29 is 9.53 Å². The number of carbonyl (C=O) groups excluding carboxylic acids is 1. The molecule has 0 bridgehead atoms. The Morgan fingerprint density at radius 2 is 2.27 bits per heavy atom. The number of unbranched alkanes of at least 4 members (excludes halogenated alkanes) is 1. The minimum Gasteiger partial charge on any atom is -0.376 e. The van der Waals surface area contributed by atoms with E-state index in [1.54, 1.807) is 0 Å². The summed E-state index contributed by atoms with van der Waals surface area (Å²) in [7, 11) is 1.88. The summed E-state index contributed by atoms with van der Waals surface area (Å²) < 4.78 is 5.45. The fraction of sp³-hybridized carbons (Fsp3) is 0.909. The number of carbonyl (C=O) groups is 1. The molecule has 1 saturated heterocycles. The van der Waals surface area contributed by atoms with Crippen LogP contribution in [0.25, 0.3) is 0 Å². The molecule has 2 unspecified atom stereocenters. The molecule has 0 radical (unpaired) electrons. The normalized spacial score (nSPS) is 25.5. The second-order valence-electron chi connectivity index (χ2n) is 4.18. The lowest BCUT2D eigenvalue weighted by Gasteiger charge is -2.26. The number of rotatable bonds is 5. The highest BCUT2D eigenvalue weighted by Gasteiger charge is 2.29. The molecular weight excluding hydrogens is 192 g/mol. The lowest BCUT2D eigenvalue weighted by molar-refractivity contribution is -0.133. The van der Waals surface area contributed by atoms with Gasteiger partial charge >= 0.3 is 0 Å². The van der Waals surface area contributed by atoms with Gasteiger partial charge in [-0.1, -0.05) is 0 Å². The summed E-state index contributed by atoms with van der Waals surface area (Å²) in [5.74, 6) is 0.214. The highest BCUT2D eigenvalue weighted by molar-refractivity contribution is 5.76. The van der Waals surface area contributed by atoms with Gasteiger partial charge in [-0.25, -0.2) is 0 Å². The van der Waals surface area contributed by atoms with Crippen LogP contribution in [0.4, 0.5) is 0 Å². The smallest absolute Gasteiger partial charge is 0.222 e. The Labute approximate surface area is 91.8 Å². The van der Waals surface area contributed by atoms with E-state index in [9.17, 15) is 4.79 Å². The van der Waals surface area contributed by atoms with E-state index in [0.29, 0.717) is 13.0 Å². The van der Waals surface area contributed by atoms with Crippen LogP contribution in [-0.4, -0.2) is 43.2 Å². The largest absolute Gasteiger partial charge is 0.376 e. The number of amides is 1. The zero-order valence-electron chi connectivity index (χ0n) is 9.74. The molecule has 4 heteroatoms. The number of nitrogens with zero attached hydrogens (tertiary/aromatic N) is 1. The Hall–Kier alpha value is -0.610. The van der Waals surface area contributed by atoms with Gasteiger partial charge in [0.2, 0.25) is 5.91 Å². The Kier molecular flexibility index (Phi) is 5.05. The van der Waals surface area contributed by atoms with E-state index < -0.39 is 0 Å². The molecule has 0 aliphatic carbocycles. The van der Waals surface area contributed by atoms with Gasteiger partial charge < -0.3 is 15.4 Å². The molecule has 0 aromatic rings. The van der Waals surface area contributed by atoms with E-state index in [1.807, 2.05) is 18.9 Å². The van der Waals surface area contributed by atoms with Crippen LogP contribution in [-0.2, 0) is 9.53 Å². The summed E-state index contributed by atoms with van der Waals surface area (Å²) in [6.45, 7) is 3.47. The second kappa shape index (κ2) is 6.08. The van der Waals surface area contributed by atoms with Gasteiger partial charge in [0.15, 0.2) is 0 Å². The van der Waals surface area contributed by atoms with Crippen LogP contribution < -0.4 is 5.73 Å². The van der Waals surface area contributed by atoms with Crippen LogP contribution in [0.2, 0.25) is 0 Å². The average molecular weight is 214 g/mol. The number of hydrogen-bond donors (Lipinski definition) is 1. The average Bonchev–Trinajstić information content (AvgIpc) is 2.63. The van der Waals surface area contributed by atoms with E-state index in [2.05, 4.69) is 0 Å². The maximum atomic E-state index is 11.8. The SMILES string of the molecule is CC1OCCC1N(C)C(=O)CCCCN. The third-order valence-corrected chi connectivity index (χ3v) is 3.07. The highest BCUT2D eigenvalue weighted by Crippen LogP contribution is 2.19. The van der Waals surface area contributed by atoms with Crippen LogP contribution in [0, 0.1) is 0 Å². The molecule has 4 nitrogen and oxygen atoms in total. The first-order valence-corrected chi connectivity index (χ1v) is 5.74. The Bertz CT molecular complexity index is 209. The van der Waals surface area contributed by atoms with Gasteiger partial charge in [-0.15, -0.1) is 0 Å². The topological polar surface area (TPSA) is 55.6 Å². The third kappa shape index (κ3) is 3.47. The minimum absolute atomic E-state index is 0.174. The van der Waals surface area contributed by atoms with Crippen LogP contribution in [0.5, 0.6) is 0 Å². The van der Waals surface area contributed by atoms with Crippen molar-refractivity contribution in [3.63, 3.8) is 0 Å². The first kappa shape index (κ1) is 12.5. The number of likely N-dealkylation sites (N-methyl/N-ethyl adjacent to an activating group) is 1. The van der Waals surface area contributed by atoms with Gasteiger partial charge in [-0.05, 0) is 32.7 Å². The highest BCUT2D eigenvalue weighted by atomic mass is 16.5. The summed E-state index contributed by atoms with van der Waals surface area (Å²) in [4.78, 5) is 13.6. The van der Waals surface area contributed by atoms with E-state index in [-0.39, 0.29) is 18.1 Å². The Morgan fingerprint density at radius 3 is 2.80 bits per heavy atom. The van der Waals surface area contributed by atoms with E-state index in [0.717, 1.165) is 25.9 Å². The summed E-state index contributed by atoms with van der Waals surface area (Å²) in [6, 6.07) is 0.260. The number of hydrogen-bond acceptors (Lipinski definition) is 3. The molecule has 1 fully saturated rings. The maximum absolute atomic E-state index is 11.8. The molecule has 2 atom stereocenters. The Balaban J connectivity index is 2.31. The first-order chi connectivity index (χ1) is 7.16. The second-order valence-corrected chi connectivity index (χ2v) is 4.18. The third-order valence-electron chi connectivity index (χ3n) is 3.07. The van der Waals surface area contributed by atoms with Gasteiger partial charge in [-0.3, -0.25) is 4.79 Å². The first-order valence-electron chi connectivity index (χ1n) is 5.74. The molecule has 2 N–H and O–H groups in total.